The first kappa shape index (κ1) is 18.4. The third-order valence-corrected chi connectivity index (χ3v) is 7.56. The summed E-state index contributed by atoms with van der Waals surface area (Å²) in [5.74, 6) is 0. The molecule has 0 aliphatic heterocycles. The van der Waals surface area contributed by atoms with Crippen LogP contribution in [0.5, 0.6) is 0 Å². The molecule has 0 fully saturated rings. The third kappa shape index (κ3) is 2.55. The van der Waals surface area contributed by atoms with Crippen molar-refractivity contribution >= 4 is 21.5 Å². The van der Waals surface area contributed by atoms with E-state index < -0.39 is 0 Å². The first-order valence-electron chi connectivity index (χ1n) is 11.4. The molecule has 6 rings (SSSR count). The van der Waals surface area contributed by atoms with Crippen LogP contribution in [0.3, 0.4) is 0 Å². The van der Waals surface area contributed by atoms with E-state index in [1.165, 1.54) is 54.9 Å². The molecule has 150 valence electrons. The second-order valence-electron chi connectivity index (χ2n) is 8.82. The van der Waals surface area contributed by atoms with Gasteiger partial charge in [-0.25, -0.2) is 0 Å². The zero-order valence-electron chi connectivity index (χ0n) is 18.2. The van der Waals surface area contributed by atoms with E-state index in [9.17, 15) is 0 Å². The Bertz CT molecular complexity index is 1450. The predicted octanol–water partition coefficient (Wildman–Crippen LogP) is 8.75. The van der Waals surface area contributed by atoms with Crippen LogP contribution in [-0.4, -0.2) is 0 Å². The molecule has 5 aromatic rings. The summed E-state index contributed by atoms with van der Waals surface area (Å²) in [5, 5.41) is 5.25. The average molecular weight is 399 g/mol. The Kier molecular flexibility index (Phi) is 4.05. The zero-order chi connectivity index (χ0) is 21.0. The van der Waals surface area contributed by atoms with Gasteiger partial charge in [-0.1, -0.05) is 98.8 Å². The molecular weight excluding hydrogens is 372 g/mol. The minimum Gasteiger partial charge on any atom is -0.0642 e. The number of hydrogen-bond acceptors (Lipinski definition) is 0. The van der Waals surface area contributed by atoms with Crippen LogP contribution in [0.4, 0.5) is 0 Å². The van der Waals surface area contributed by atoms with Crippen molar-refractivity contribution in [3.63, 3.8) is 0 Å². The normalized spacial score (nSPS) is 14.0. The number of hydrogen-bond donors (Lipinski definition) is 0. The summed E-state index contributed by atoms with van der Waals surface area (Å²) in [6, 6.07) is 36.2. The summed E-state index contributed by atoms with van der Waals surface area (Å²) in [4.78, 5) is 0. The van der Waals surface area contributed by atoms with Crippen molar-refractivity contribution in [3.8, 4) is 22.3 Å². The first-order valence-corrected chi connectivity index (χ1v) is 11.4. The molecule has 1 aliphatic rings. The van der Waals surface area contributed by atoms with Crippen LogP contribution >= 0.6 is 0 Å². The lowest BCUT2D eigenvalue weighted by atomic mass is 9.73. The van der Waals surface area contributed by atoms with E-state index in [2.05, 4.69) is 111 Å². The van der Waals surface area contributed by atoms with E-state index in [0.717, 1.165) is 12.8 Å². The molecule has 31 heavy (non-hydrogen) atoms. The highest BCUT2D eigenvalue weighted by Gasteiger charge is 2.40. The fraction of sp³-hybridized carbons (Fsp3) is 0.161. The second-order valence-corrected chi connectivity index (χ2v) is 8.82. The molecule has 0 saturated carbocycles. The fourth-order valence-electron chi connectivity index (χ4n) is 5.83. The van der Waals surface area contributed by atoms with E-state index >= 15 is 0 Å². The van der Waals surface area contributed by atoms with Crippen molar-refractivity contribution in [2.75, 3.05) is 0 Å². The molecule has 0 atom stereocenters. The summed E-state index contributed by atoms with van der Waals surface area (Å²) < 4.78 is 0. The predicted molar refractivity (Wildman–Crippen MR) is 134 cm³/mol. The topological polar surface area (TPSA) is 0 Å². The maximum atomic E-state index is 2.47. The van der Waals surface area contributed by atoms with Crippen molar-refractivity contribution in [3.05, 3.63) is 108 Å². The summed E-state index contributed by atoms with van der Waals surface area (Å²) >= 11 is 0. The maximum Gasteiger partial charge on any atom is 0.0210 e. The Labute approximate surface area is 184 Å². The minimum absolute atomic E-state index is 0.117. The Morgan fingerprint density at radius 3 is 1.97 bits per heavy atom. The van der Waals surface area contributed by atoms with Crippen LogP contribution < -0.4 is 0 Å². The quantitative estimate of drug-likeness (QED) is 0.266. The summed E-state index contributed by atoms with van der Waals surface area (Å²) in [5.41, 5.74) is 8.54. The molecule has 0 saturated heterocycles. The molecular formula is C31H26. The van der Waals surface area contributed by atoms with Gasteiger partial charge in [-0.05, 0) is 79.9 Å². The van der Waals surface area contributed by atoms with Crippen LogP contribution in [0.15, 0.2) is 97.1 Å². The van der Waals surface area contributed by atoms with E-state index in [1.54, 1.807) is 0 Å². The monoisotopic (exact) mass is 398 g/mol. The van der Waals surface area contributed by atoms with Gasteiger partial charge in [-0.2, -0.15) is 0 Å². The van der Waals surface area contributed by atoms with Crippen LogP contribution in [-0.2, 0) is 5.41 Å². The molecule has 1 aliphatic carbocycles. The molecule has 0 heterocycles. The minimum atomic E-state index is 0.117. The van der Waals surface area contributed by atoms with Gasteiger partial charge < -0.3 is 0 Å². The van der Waals surface area contributed by atoms with Gasteiger partial charge in [0, 0.05) is 5.41 Å². The molecule has 0 N–H and O–H groups in total. The van der Waals surface area contributed by atoms with Gasteiger partial charge in [0.2, 0.25) is 0 Å². The van der Waals surface area contributed by atoms with Crippen LogP contribution in [0.2, 0.25) is 0 Å². The molecule has 0 spiro atoms. The van der Waals surface area contributed by atoms with Gasteiger partial charge in [0.15, 0.2) is 0 Å². The van der Waals surface area contributed by atoms with E-state index in [1.807, 2.05) is 0 Å². The molecule has 5 aromatic carbocycles. The SMILES string of the molecule is CCC1(CC)c2ccccc2-c2ccc(-c3ccc4ccc5ccccc5c4c3)cc21. The van der Waals surface area contributed by atoms with Gasteiger partial charge in [0.25, 0.3) is 0 Å². The van der Waals surface area contributed by atoms with Crippen LogP contribution in [0.1, 0.15) is 37.8 Å². The van der Waals surface area contributed by atoms with E-state index in [-0.39, 0.29) is 5.41 Å². The van der Waals surface area contributed by atoms with Crippen molar-refractivity contribution in [2.45, 2.75) is 32.1 Å². The molecule has 0 aromatic heterocycles. The standard InChI is InChI=1S/C31H26/c1-3-31(4-2)29-12-8-7-11-26(29)27-18-17-24(20-30(27)31)23-16-15-22-14-13-21-9-5-6-10-25(21)28(22)19-23/h5-20H,3-4H2,1-2H3. The maximum absolute atomic E-state index is 2.47. The fourth-order valence-corrected chi connectivity index (χ4v) is 5.83. The highest BCUT2D eigenvalue weighted by atomic mass is 14.4. The summed E-state index contributed by atoms with van der Waals surface area (Å²) in [7, 11) is 0. The molecule has 0 bridgehead atoms. The Morgan fingerprint density at radius 2 is 1.13 bits per heavy atom. The van der Waals surface area contributed by atoms with Crippen molar-refractivity contribution in [1.29, 1.82) is 0 Å². The Hall–Kier alpha value is -3.38. The Morgan fingerprint density at radius 1 is 0.516 bits per heavy atom. The van der Waals surface area contributed by atoms with Gasteiger partial charge >= 0.3 is 0 Å². The number of benzene rings is 5. The average Bonchev–Trinajstić information content (AvgIpc) is 3.13. The third-order valence-electron chi connectivity index (χ3n) is 7.56. The van der Waals surface area contributed by atoms with Gasteiger partial charge in [0.05, 0.1) is 0 Å². The van der Waals surface area contributed by atoms with Crippen molar-refractivity contribution < 1.29 is 0 Å². The molecule has 0 unspecified atom stereocenters. The lowest BCUT2D eigenvalue weighted by molar-refractivity contribution is 0.490. The van der Waals surface area contributed by atoms with Gasteiger partial charge in [0.1, 0.15) is 0 Å². The van der Waals surface area contributed by atoms with E-state index in [0.29, 0.717) is 0 Å². The van der Waals surface area contributed by atoms with Crippen LogP contribution in [0, 0.1) is 0 Å². The first-order chi connectivity index (χ1) is 15.2. The summed E-state index contributed by atoms with van der Waals surface area (Å²) in [6.07, 6.45) is 2.25. The largest absolute Gasteiger partial charge is 0.0642 e. The smallest absolute Gasteiger partial charge is 0.0210 e. The second kappa shape index (κ2) is 6.82. The molecule has 0 amide bonds. The van der Waals surface area contributed by atoms with Crippen molar-refractivity contribution in [2.24, 2.45) is 0 Å². The highest BCUT2D eigenvalue weighted by Crippen LogP contribution is 2.53. The van der Waals surface area contributed by atoms with E-state index in [4.69, 9.17) is 0 Å². The molecule has 0 heteroatoms. The Balaban J connectivity index is 1.57. The lowest BCUT2D eigenvalue weighted by Crippen LogP contribution is -2.23. The lowest BCUT2D eigenvalue weighted by Gasteiger charge is -2.30. The highest BCUT2D eigenvalue weighted by molar-refractivity contribution is 6.08. The van der Waals surface area contributed by atoms with Crippen molar-refractivity contribution in [1.82, 2.24) is 0 Å². The summed E-state index contributed by atoms with van der Waals surface area (Å²) in [6.45, 7) is 4.68. The van der Waals surface area contributed by atoms with Gasteiger partial charge in [-0.3, -0.25) is 0 Å². The number of fused-ring (bicyclic) bond motifs is 6. The molecule has 0 nitrogen and oxygen atoms in total. The van der Waals surface area contributed by atoms with Crippen LogP contribution in [0.25, 0.3) is 43.8 Å². The number of rotatable bonds is 3. The molecule has 0 radical (unpaired) electrons. The van der Waals surface area contributed by atoms with Gasteiger partial charge in [-0.15, -0.1) is 0 Å². The zero-order valence-corrected chi connectivity index (χ0v) is 18.2.